The van der Waals surface area contributed by atoms with Gasteiger partial charge >= 0.3 is 0 Å². The van der Waals surface area contributed by atoms with E-state index in [1.54, 1.807) is 16.8 Å². The van der Waals surface area contributed by atoms with Gasteiger partial charge in [0.1, 0.15) is 5.51 Å². The van der Waals surface area contributed by atoms with Crippen LogP contribution in [-0.2, 0) is 0 Å². The lowest BCUT2D eigenvalue weighted by Crippen LogP contribution is -2.28. The van der Waals surface area contributed by atoms with E-state index in [2.05, 4.69) is 22.0 Å². The van der Waals surface area contributed by atoms with Gasteiger partial charge in [0.2, 0.25) is 5.13 Å². The number of aromatic nitrogens is 2. The first-order chi connectivity index (χ1) is 5.77. The fourth-order valence-electron chi connectivity index (χ4n) is 1.45. The molecule has 2 unspecified atom stereocenters. The normalized spacial score (nSPS) is 29.7. The average Bonchev–Trinajstić information content (AvgIpc) is 2.61. The molecule has 2 rings (SSSR count). The molecule has 1 aliphatic heterocycles. The summed E-state index contributed by atoms with van der Waals surface area (Å²) in [5.41, 5.74) is 7.64. The molecule has 0 aromatic carbocycles. The number of nitrogens with two attached hydrogens (primary N) is 1. The van der Waals surface area contributed by atoms with E-state index in [-0.39, 0.29) is 6.04 Å². The Bertz CT molecular complexity index is 238. The van der Waals surface area contributed by atoms with Crippen molar-refractivity contribution >= 4 is 16.5 Å². The molecule has 0 saturated carbocycles. The van der Waals surface area contributed by atoms with Crippen molar-refractivity contribution < 1.29 is 0 Å². The first-order valence-electron chi connectivity index (χ1n) is 4.04. The first kappa shape index (κ1) is 7.94. The summed E-state index contributed by atoms with van der Waals surface area (Å²) in [6.45, 7) is 4.10. The average molecular weight is 184 g/mol. The number of rotatable bonds is 1. The van der Waals surface area contributed by atoms with E-state index in [1.165, 1.54) is 0 Å². The molecule has 2 atom stereocenters. The summed E-state index contributed by atoms with van der Waals surface area (Å²) in [5.74, 6) is 0.564. The van der Waals surface area contributed by atoms with Crippen molar-refractivity contribution in [3.05, 3.63) is 5.51 Å². The molecule has 1 aromatic heterocycles. The lowest BCUT2D eigenvalue weighted by Gasteiger charge is -2.11. The summed E-state index contributed by atoms with van der Waals surface area (Å²) in [6.07, 6.45) is 0. The predicted molar refractivity (Wildman–Crippen MR) is 49.3 cm³/mol. The van der Waals surface area contributed by atoms with Crippen LogP contribution < -0.4 is 10.6 Å². The molecule has 0 bridgehead atoms. The molecule has 5 heteroatoms. The zero-order chi connectivity index (χ0) is 8.55. The van der Waals surface area contributed by atoms with Gasteiger partial charge in [-0.05, 0) is 5.92 Å². The SMILES string of the molecule is CC1CN(c2nncs2)CC1N. The van der Waals surface area contributed by atoms with Crippen LogP contribution in [0.15, 0.2) is 5.51 Å². The van der Waals surface area contributed by atoms with E-state index in [9.17, 15) is 0 Å². The van der Waals surface area contributed by atoms with Crippen LogP contribution in [0.3, 0.4) is 0 Å². The zero-order valence-electron chi connectivity index (χ0n) is 6.97. The Morgan fingerprint density at radius 1 is 1.67 bits per heavy atom. The Balaban J connectivity index is 2.09. The summed E-state index contributed by atoms with van der Waals surface area (Å²) in [5, 5.41) is 8.80. The van der Waals surface area contributed by atoms with Crippen molar-refractivity contribution in [2.45, 2.75) is 13.0 Å². The molecule has 1 saturated heterocycles. The lowest BCUT2D eigenvalue weighted by atomic mass is 10.1. The van der Waals surface area contributed by atoms with E-state index < -0.39 is 0 Å². The third-order valence-electron chi connectivity index (χ3n) is 2.29. The summed E-state index contributed by atoms with van der Waals surface area (Å²) < 4.78 is 0. The molecule has 12 heavy (non-hydrogen) atoms. The minimum atomic E-state index is 0.286. The predicted octanol–water partition coefficient (Wildman–Crippen LogP) is 0.322. The van der Waals surface area contributed by atoms with E-state index in [0.29, 0.717) is 5.92 Å². The number of anilines is 1. The molecular formula is C7H12N4S. The van der Waals surface area contributed by atoms with Crippen LogP contribution in [0.2, 0.25) is 0 Å². The molecule has 2 heterocycles. The maximum atomic E-state index is 5.89. The second kappa shape index (κ2) is 2.99. The van der Waals surface area contributed by atoms with E-state index in [1.807, 2.05) is 0 Å². The van der Waals surface area contributed by atoms with Crippen molar-refractivity contribution in [1.29, 1.82) is 0 Å². The van der Waals surface area contributed by atoms with Crippen LogP contribution in [0.25, 0.3) is 0 Å². The van der Waals surface area contributed by atoms with Crippen molar-refractivity contribution in [1.82, 2.24) is 10.2 Å². The fourth-order valence-corrected chi connectivity index (χ4v) is 2.03. The Kier molecular flexibility index (Phi) is 1.98. The molecule has 0 spiro atoms. The number of nitrogens with zero attached hydrogens (tertiary/aromatic N) is 3. The summed E-state index contributed by atoms with van der Waals surface area (Å²) in [6, 6.07) is 0.286. The molecule has 0 amide bonds. The highest BCUT2D eigenvalue weighted by molar-refractivity contribution is 7.13. The van der Waals surface area contributed by atoms with Gasteiger partial charge in [-0.3, -0.25) is 0 Å². The van der Waals surface area contributed by atoms with Crippen LogP contribution in [0.4, 0.5) is 5.13 Å². The minimum absolute atomic E-state index is 0.286. The van der Waals surface area contributed by atoms with Crippen molar-refractivity contribution in [2.24, 2.45) is 11.7 Å². The van der Waals surface area contributed by atoms with Crippen molar-refractivity contribution in [2.75, 3.05) is 18.0 Å². The molecule has 1 aromatic rings. The molecule has 1 fully saturated rings. The summed E-state index contributed by atoms with van der Waals surface area (Å²) >= 11 is 1.57. The highest BCUT2D eigenvalue weighted by Crippen LogP contribution is 2.23. The molecular weight excluding hydrogens is 172 g/mol. The second-order valence-electron chi connectivity index (χ2n) is 3.27. The van der Waals surface area contributed by atoms with Crippen LogP contribution in [-0.4, -0.2) is 29.3 Å². The topological polar surface area (TPSA) is 55.0 Å². The van der Waals surface area contributed by atoms with Gasteiger partial charge in [-0.15, -0.1) is 10.2 Å². The van der Waals surface area contributed by atoms with Gasteiger partial charge in [0.25, 0.3) is 0 Å². The van der Waals surface area contributed by atoms with Crippen molar-refractivity contribution in [3.8, 4) is 0 Å². The maximum Gasteiger partial charge on any atom is 0.208 e. The fraction of sp³-hybridized carbons (Fsp3) is 0.714. The second-order valence-corrected chi connectivity index (χ2v) is 4.08. The highest BCUT2D eigenvalue weighted by atomic mass is 32.1. The third kappa shape index (κ3) is 1.30. The highest BCUT2D eigenvalue weighted by Gasteiger charge is 2.27. The standard InChI is InChI=1S/C7H12N4S/c1-5-2-11(3-6(5)8)7-10-9-4-12-7/h4-6H,2-3,8H2,1H3. The van der Waals surface area contributed by atoms with E-state index in [4.69, 9.17) is 5.73 Å². The number of hydrogen-bond donors (Lipinski definition) is 1. The quantitative estimate of drug-likeness (QED) is 0.683. The zero-order valence-corrected chi connectivity index (χ0v) is 7.79. The van der Waals surface area contributed by atoms with Crippen LogP contribution >= 0.6 is 11.3 Å². The first-order valence-corrected chi connectivity index (χ1v) is 4.92. The molecule has 2 N–H and O–H groups in total. The van der Waals surface area contributed by atoms with Gasteiger partial charge in [-0.1, -0.05) is 18.3 Å². The molecule has 66 valence electrons. The summed E-state index contributed by atoms with van der Waals surface area (Å²) in [4.78, 5) is 2.20. The Morgan fingerprint density at radius 3 is 3.00 bits per heavy atom. The van der Waals surface area contributed by atoms with Gasteiger partial charge in [0.05, 0.1) is 0 Å². The van der Waals surface area contributed by atoms with Gasteiger partial charge < -0.3 is 10.6 Å². The Labute approximate surface area is 75.4 Å². The van der Waals surface area contributed by atoms with Crippen LogP contribution in [0, 0.1) is 5.92 Å². The van der Waals surface area contributed by atoms with Gasteiger partial charge in [-0.25, -0.2) is 0 Å². The Morgan fingerprint density at radius 2 is 2.50 bits per heavy atom. The third-order valence-corrected chi connectivity index (χ3v) is 3.04. The number of hydrogen-bond acceptors (Lipinski definition) is 5. The monoisotopic (exact) mass is 184 g/mol. The Hall–Kier alpha value is -0.680. The summed E-state index contributed by atoms with van der Waals surface area (Å²) in [7, 11) is 0. The maximum absolute atomic E-state index is 5.89. The lowest BCUT2D eigenvalue weighted by molar-refractivity contribution is 0.566. The van der Waals surface area contributed by atoms with Crippen LogP contribution in [0.1, 0.15) is 6.92 Å². The minimum Gasteiger partial charge on any atom is -0.345 e. The largest absolute Gasteiger partial charge is 0.345 e. The van der Waals surface area contributed by atoms with Crippen molar-refractivity contribution in [3.63, 3.8) is 0 Å². The molecule has 4 nitrogen and oxygen atoms in total. The smallest absolute Gasteiger partial charge is 0.208 e. The molecule has 0 aliphatic carbocycles. The van der Waals surface area contributed by atoms with E-state index in [0.717, 1.165) is 18.2 Å². The van der Waals surface area contributed by atoms with Crippen LogP contribution in [0.5, 0.6) is 0 Å². The van der Waals surface area contributed by atoms with E-state index >= 15 is 0 Å². The van der Waals surface area contributed by atoms with Gasteiger partial charge in [0, 0.05) is 19.1 Å². The molecule has 1 aliphatic rings. The van der Waals surface area contributed by atoms with Gasteiger partial charge in [0.15, 0.2) is 0 Å². The molecule has 0 radical (unpaired) electrons. The van der Waals surface area contributed by atoms with Gasteiger partial charge in [-0.2, -0.15) is 0 Å².